The summed E-state index contributed by atoms with van der Waals surface area (Å²) in [5.41, 5.74) is 6.17. The van der Waals surface area contributed by atoms with Crippen LogP contribution in [0.25, 0.3) is 0 Å². The van der Waals surface area contributed by atoms with Gasteiger partial charge in [-0.15, -0.1) is 0 Å². The van der Waals surface area contributed by atoms with E-state index in [2.05, 4.69) is 21.2 Å². The number of phenolic OH excluding ortho intramolecular Hbond substituents is 1. The van der Waals surface area contributed by atoms with E-state index in [1.54, 1.807) is 36.4 Å². The number of hydrogen-bond acceptors (Lipinski definition) is 4. The van der Waals surface area contributed by atoms with Gasteiger partial charge in [-0.2, -0.15) is 0 Å². The Hall–Kier alpha value is -2.05. The van der Waals surface area contributed by atoms with Crippen LogP contribution in [0.1, 0.15) is 10.4 Å². The average molecular weight is 351 g/mol. The first-order valence-corrected chi connectivity index (χ1v) is 7.12. The van der Waals surface area contributed by atoms with Gasteiger partial charge in [0.05, 0.1) is 5.56 Å². The molecule has 0 aliphatic rings. The molecule has 0 saturated carbocycles. The number of phenols is 1. The largest absolute Gasteiger partial charge is 0.507 e. The van der Waals surface area contributed by atoms with Gasteiger partial charge in [0, 0.05) is 16.7 Å². The standard InChI is InChI=1S/C15H15BrN2O3/c16-10-1-6-14(19)13(9-10)15(20)18-11-2-4-12(5-3-11)21-8-7-17/h1-6,9,19H,7-8,17H2,(H,18,20). The van der Waals surface area contributed by atoms with Gasteiger partial charge in [-0.25, -0.2) is 0 Å². The van der Waals surface area contributed by atoms with Crippen LogP contribution < -0.4 is 15.8 Å². The normalized spacial score (nSPS) is 10.2. The molecule has 2 rings (SSSR count). The summed E-state index contributed by atoms with van der Waals surface area (Å²) in [6, 6.07) is 11.6. The molecule has 5 nitrogen and oxygen atoms in total. The molecule has 21 heavy (non-hydrogen) atoms. The Labute approximate surface area is 130 Å². The minimum Gasteiger partial charge on any atom is -0.507 e. The van der Waals surface area contributed by atoms with Gasteiger partial charge in [-0.05, 0) is 42.5 Å². The molecule has 0 spiro atoms. The number of anilines is 1. The summed E-state index contributed by atoms with van der Waals surface area (Å²) in [7, 11) is 0. The van der Waals surface area contributed by atoms with E-state index >= 15 is 0 Å². The smallest absolute Gasteiger partial charge is 0.259 e. The molecule has 6 heteroatoms. The number of amides is 1. The molecule has 0 radical (unpaired) electrons. The third-order valence-electron chi connectivity index (χ3n) is 2.70. The number of nitrogens with two attached hydrogens (primary N) is 1. The fourth-order valence-corrected chi connectivity index (χ4v) is 2.06. The predicted molar refractivity (Wildman–Crippen MR) is 84.8 cm³/mol. The monoisotopic (exact) mass is 350 g/mol. The van der Waals surface area contributed by atoms with Crippen LogP contribution >= 0.6 is 15.9 Å². The highest BCUT2D eigenvalue weighted by atomic mass is 79.9. The van der Waals surface area contributed by atoms with E-state index in [9.17, 15) is 9.90 Å². The number of nitrogens with one attached hydrogen (secondary N) is 1. The third kappa shape index (κ3) is 4.21. The van der Waals surface area contributed by atoms with Crippen LogP contribution in [-0.4, -0.2) is 24.2 Å². The third-order valence-corrected chi connectivity index (χ3v) is 3.20. The van der Waals surface area contributed by atoms with Crippen LogP contribution in [0.3, 0.4) is 0 Å². The number of halogens is 1. The van der Waals surface area contributed by atoms with Crippen LogP contribution in [0.2, 0.25) is 0 Å². The Kier molecular flexibility index (Phi) is 5.19. The number of carbonyl (C=O) groups is 1. The molecule has 0 aliphatic carbocycles. The molecule has 0 bridgehead atoms. The maximum absolute atomic E-state index is 12.1. The van der Waals surface area contributed by atoms with Crippen molar-refractivity contribution in [1.29, 1.82) is 0 Å². The second kappa shape index (κ2) is 7.10. The number of carbonyl (C=O) groups excluding carboxylic acids is 1. The molecule has 0 unspecified atom stereocenters. The molecule has 0 fully saturated rings. The van der Waals surface area contributed by atoms with Crippen molar-refractivity contribution >= 4 is 27.5 Å². The van der Waals surface area contributed by atoms with Crippen molar-refractivity contribution in [3.05, 3.63) is 52.5 Å². The first-order chi connectivity index (χ1) is 10.1. The zero-order valence-electron chi connectivity index (χ0n) is 11.2. The lowest BCUT2D eigenvalue weighted by Gasteiger charge is -2.09. The SMILES string of the molecule is NCCOc1ccc(NC(=O)c2cc(Br)ccc2O)cc1. The first-order valence-electron chi connectivity index (χ1n) is 6.33. The second-order valence-electron chi connectivity index (χ2n) is 4.28. The van der Waals surface area contributed by atoms with Gasteiger partial charge >= 0.3 is 0 Å². The van der Waals surface area contributed by atoms with Crippen molar-refractivity contribution in [1.82, 2.24) is 0 Å². The van der Waals surface area contributed by atoms with E-state index < -0.39 is 0 Å². The fraction of sp³-hybridized carbons (Fsp3) is 0.133. The summed E-state index contributed by atoms with van der Waals surface area (Å²) in [5.74, 6) is 0.228. The average Bonchev–Trinajstić information content (AvgIpc) is 2.49. The van der Waals surface area contributed by atoms with Gasteiger partial charge in [0.2, 0.25) is 0 Å². The van der Waals surface area contributed by atoms with Crippen molar-refractivity contribution in [3.63, 3.8) is 0 Å². The van der Waals surface area contributed by atoms with Gasteiger partial charge in [0.15, 0.2) is 0 Å². The molecular formula is C15H15BrN2O3. The molecule has 1 amide bonds. The van der Waals surface area contributed by atoms with E-state index in [1.165, 1.54) is 6.07 Å². The number of aromatic hydroxyl groups is 1. The lowest BCUT2D eigenvalue weighted by molar-refractivity contribution is 0.102. The maximum atomic E-state index is 12.1. The van der Waals surface area contributed by atoms with E-state index in [1.807, 2.05) is 0 Å². The van der Waals surface area contributed by atoms with Crippen LogP contribution in [0.15, 0.2) is 46.9 Å². The van der Waals surface area contributed by atoms with Gasteiger partial charge in [-0.1, -0.05) is 15.9 Å². The topological polar surface area (TPSA) is 84.6 Å². The Morgan fingerprint density at radius 1 is 1.24 bits per heavy atom. The second-order valence-corrected chi connectivity index (χ2v) is 5.19. The minimum atomic E-state index is -0.385. The fourth-order valence-electron chi connectivity index (χ4n) is 1.70. The summed E-state index contributed by atoms with van der Waals surface area (Å²) in [6.07, 6.45) is 0. The highest BCUT2D eigenvalue weighted by Gasteiger charge is 2.11. The zero-order chi connectivity index (χ0) is 15.2. The first kappa shape index (κ1) is 15.3. The van der Waals surface area contributed by atoms with E-state index in [-0.39, 0.29) is 17.2 Å². The molecule has 2 aromatic rings. The van der Waals surface area contributed by atoms with Gasteiger partial charge in [0.25, 0.3) is 5.91 Å². The highest BCUT2D eigenvalue weighted by molar-refractivity contribution is 9.10. The number of benzene rings is 2. The summed E-state index contributed by atoms with van der Waals surface area (Å²) in [4.78, 5) is 12.1. The van der Waals surface area contributed by atoms with Gasteiger partial charge in [-0.3, -0.25) is 4.79 Å². The molecule has 0 atom stereocenters. The summed E-state index contributed by atoms with van der Waals surface area (Å²) >= 11 is 3.27. The number of hydrogen-bond donors (Lipinski definition) is 3. The maximum Gasteiger partial charge on any atom is 0.259 e. The molecule has 0 saturated heterocycles. The summed E-state index contributed by atoms with van der Waals surface area (Å²) < 4.78 is 6.07. The Balaban J connectivity index is 2.07. The summed E-state index contributed by atoms with van der Waals surface area (Å²) in [5, 5.41) is 12.4. The van der Waals surface area contributed by atoms with Crippen molar-refractivity contribution in [2.75, 3.05) is 18.5 Å². The van der Waals surface area contributed by atoms with E-state index in [0.717, 1.165) is 4.47 Å². The molecule has 0 aromatic heterocycles. The number of rotatable bonds is 5. The number of ether oxygens (including phenoxy) is 1. The lowest BCUT2D eigenvalue weighted by atomic mass is 10.2. The minimum absolute atomic E-state index is 0.0707. The van der Waals surface area contributed by atoms with Gasteiger partial charge in [0.1, 0.15) is 18.1 Å². The molecule has 2 aromatic carbocycles. The van der Waals surface area contributed by atoms with Crippen LogP contribution in [0, 0.1) is 0 Å². The van der Waals surface area contributed by atoms with Crippen molar-refractivity contribution in [2.24, 2.45) is 5.73 Å². The van der Waals surface area contributed by atoms with Crippen LogP contribution in [-0.2, 0) is 0 Å². The Bertz CT molecular complexity index is 629. The molecule has 4 N–H and O–H groups in total. The highest BCUT2D eigenvalue weighted by Crippen LogP contribution is 2.23. The summed E-state index contributed by atoms with van der Waals surface area (Å²) in [6.45, 7) is 0.887. The van der Waals surface area contributed by atoms with Crippen molar-refractivity contribution in [2.45, 2.75) is 0 Å². The van der Waals surface area contributed by atoms with Crippen LogP contribution in [0.5, 0.6) is 11.5 Å². The quantitative estimate of drug-likeness (QED) is 0.773. The Morgan fingerprint density at radius 3 is 2.62 bits per heavy atom. The molecule has 0 heterocycles. The van der Waals surface area contributed by atoms with E-state index in [0.29, 0.717) is 24.6 Å². The van der Waals surface area contributed by atoms with Gasteiger partial charge < -0.3 is 20.9 Å². The predicted octanol–water partition coefficient (Wildman–Crippen LogP) is 2.74. The Morgan fingerprint density at radius 2 is 1.95 bits per heavy atom. The van der Waals surface area contributed by atoms with Crippen molar-refractivity contribution in [3.8, 4) is 11.5 Å². The van der Waals surface area contributed by atoms with E-state index in [4.69, 9.17) is 10.5 Å². The molecule has 110 valence electrons. The lowest BCUT2D eigenvalue weighted by Crippen LogP contribution is -2.12. The zero-order valence-corrected chi connectivity index (χ0v) is 12.8. The van der Waals surface area contributed by atoms with Crippen LogP contribution in [0.4, 0.5) is 5.69 Å². The molecule has 0 aliphatic heterocycles. The van der Waals surface area contributed by atoms with Crippen molar-refractivity contribution < 1.29 is 14.6 Å². The molecular weight excluding hydrogens is 336 g/mol.